The van der Waals surface area contributed by atoms with Crippen LogP contribution < -0.4 is 15.1 Å². The van der Waals surface area contributed by atoms with Gasteiger partial charge in [-0.3, -0.25) is 4.79 Å². The minimum Gasteiger partial charge on any atom is -0.356 e. The van der Waals surface area contributed by atoms with E-state index in [4.69, 9.17) is 4.98 Å². The van der Waals surface area contributed by atoms with Gasteiger partial charge in [-0.15, -0.1) is 0 Å². The molecule has 0 unspecified atom stereocenters. The number of carbonyl (C=O) groups is 1. The summed E-state index contributed by atoms with van der Waals surface area (Å²) in [5.74, 6) is 1.79. The minimum atomic E-state index is -0.0301. The van der Waals surface area contributed by atoms with E-state index in [-0.39, 0.29) is 5.91 Å². The Bertz CT molecular complexity index is 785. The quantitative estimate of drug-likeness (QED) is 0.933. The van der Waals surface area contributed by atoms with Crippen LogP contribution in [0.2, 0.25) is 0 Å². The molecule has 1 aromatic carbocycles. The van der Waals surface area contributed by atoms with Gasteiger partial charge >= 0.3 is 0 Å². The van der Waals surface area contributed by atoms with Crippen LogP contribution in [0.4, 0.5) is 17.5 Å². The number of benzene rings is 1. The molecule has 1 amide bonds. The molecule has 0 atom stereocenters. The normalized spacial score (nSPS) is 16.7. The van der Waals surface area contributed by atoms with Crippen LogP contribution >= 0.6 is 0 Å². The molecular weight excluding hydrogens is 314 g/mol. The van der Waals surface area contributed by atoms with Crippen molar-refractivity contribution in [2.75, 3.05) is 34.8 Å². The Morgan fingerprint density at radius 2 is 1.96 bits per heavy atom. The first-order valence-corrected chi connectivity index (χ1v) is 8.92. The van der Waals surface area contributed by atoms with Crippen molar-refractivity contribution in [1.82, 2.24) is 9.97 Å². The lowest BCUT2D eigenvalue weighted by Crippen LogP contribution is -2.33. The van der Waals surface area contributed by atoms with Crippen molar-refractivity contribution >= 4 is 23.4 Å². The van der Waals surface area contributed by atoms with Crippen LogP contribution in [-0.4, -0.2) is 35.5 Å². The van der Waals surface area contributed by atoms with E-state index in [1.807, 2.05) is 24.4 Å². The predicted molar refractivity (Wildman–Crippen MR) is 99.0 cm³/mol. The fraction of sp³-hybridized carbons (Fsp3) is 0.421. The third-order valence-corrected chi connectivity index (χ3v) is 4.92. The highest BCUT2D eigenvalue weighted by atomic mass is 16.1. The highest BCUT2D eigenvalue weighted by Crippen LogP contribution is 2.28. The third kappa shape index (κ3) is 3.29. The van der Waals surface area contributed by atoms with Gasteiger partial charge in [0.15, 0.2) is 0 Å². The Hall–Kier alpha value is -2.63. The van der Waals surface area contributed by atoms with Crippen molar-refractivity contribution in [3.8, 4) is 0 Å². The summed E-state index contributed by atoms with van der Waals surface area (Å²) >= 11 is 0. The van der Waals surface area contributed by atoms with Crippen molar-refractivity contribution in [2.24, 2.45) is 0 Å². The van der Waals surface area contributed by atoms with E-state index in [2.05, 4.69) is 26.2 Å². The van der Waals surface area contributed by atoms with E-state index < -0.39 is 0 Å². The average molecular weight is 337 g/mol. The maximum atomic E-state index is 11.4. The highest BCUT2D eigenvalue weighted by molar-refractivity contribution is 5.89. The van der Waals surface area contributed by atoms with Crippen LogP contribution in [0.25, 0.3) is 0 Å². The number of hydrogen-bond donors (Lipinski definition) is 1. The summed E-state index contributed by atoms with van der Waals surface area (Å²) in [4.78, 5) is 25.2. The molecule has 0 aliphatic carbocycles. The second-order valence-corrected chi connectivity index (χ2v) is 6.70. The summed E-state index contributed by atoms with van der Waals surface area (Å²) in [6, 6.07) is 8.09. The van der Waals surface area contributed by atoms with Gasteiger partial charge in [-0.1, -0.05) is 12.1 Å². The van der Waals surface area contributed by atoms with E-state index in [0.29, 0.717) is 0 Å². The average Bonchev–Trinajstić information content (AvgIpc) is 3.16. The van der Waals surface area contributed by atoms with Crippen molar-refractivity contribution in [3.05, 3.63) is 41.6 Å². The van der Waals surface area contributed by atoms with Crippen LogP contribution in [0.15, 0.2) is 30.5 Å². The van der Waals surface area contributed by atoms with Gasteiger partial charge < -0.3 is 15.1 Å². The summed E-state index contributed by atoms with van der Waals surface area (Å²) in [5.41, 5.74) is 3.38. The maximum Gasteiger partial charge on any atom is 0.227 e. The first kappa shape index (κ1) is 15.9. The first-order chi connectivity index (χ1) is 12.2. The number of rotatable bonds is 3. The molecule has 1 aromatic heterocycles. The van der Waals surface area contributed by atoms with Crippen molar-refractivity contribution in [1.29, 1.82) is 0 Å². The second kappa shape index (κ2) is 6.70. The molecule has 3 heterocycles. The SMILES string of the molecule is CC(=O)Nc1cccc2c1CCN(c1nccc(N3CCCC3)n1)C2. The second-order valence-electron chi connectivity index (χ2n) is 6.70. The van der Waals surface area contributed by atoms with Crippen LogP contribution in [0, 0.1) is 0 Å². The summed E-state index contributed by atoms with van der Waals surface area (Å²) in [7, 11) is 0. The molecule has 0 saturated carbocycles. The molecule has 0 radical (unpaired) electrons. The highest BCUT2D eigenvalue weighted by Gasteiger charge is 2.22. The lowest BCUT2D eigenvalue weighted by Gasteiger charge is -2.30. The van der Waals surface area contributed by atoms with Gasteiger partial charge in [-0.2, -0.15) is 4.98 Å². The van der Waals surface area contributed by atoms with Gasteiger partial charge in [0.05, 0.1) is 0 Å². The Morgan fingerprint density at radius 1 is 1.12 bits per heavy atom. The van der Waals surface area contributed by atoms with Crippen LogP contribution in [0.5, 0.6) is 0 Å². The summed E-state index contributed by atoms with van der Waals surface area (Å²) in [6.07, 6.45) is 5.22. The number of carbonyl (C=O) groups excluding carboxylic acids is 1. The summed E-state index contributed by atoms with van der Waals surface area (Å²) in [6.45, 7) is 5.34. The Morgan fingerprint density at radius 3 is 2.76 bits per heavy atom. The van der Waals surface area contributed by atoms with E-state index in [0.717, 1.165) is 50.1 Å². The molecule has 2 aliphatic rings. The fourth-order valence-corrected chi connectivity index (χ4v) is 3.70. The van der Waals surface area contributed by atoms with Crippen molar-refractivity contribution in [2.45, 2.75) is 32.7 Å². The molecule has 0 spiro atoms. The topological polar surface area (TPSA) is 61.4 Å². The Kier molecular flexibility index (Phi) is 4.26. The first-order valence-electron chi connectivity index (χ1n) is 8.92. The van der Waals surface area contributed by atoms with Gasteiger partial charge in [0.25, 0.3) is 0 Å². The minimum absolute atomic E-state index is 0.0301. The zero-order valence-corrected chi connectivity index (χ0v) is 14.5. The lowest BCUT2D eigenvalue weighted by molar-refractivity contribution is -0.114. The maximum absolute atomic E-state index is 11.4. The van der Waals surface area contributed by atoms with E-state index in [1.165, 1.54) is 24.0 Å². The zero-order valence-electron chi connectivity index (χ0n) is 14.5. The molecule has 4 rings (SSSR count). The molecule has 2 aliphatic heterocycles. The van der Waals surface area contributed by atoms with Gasteiger partial charge in [-0.25, -0.2) is 4.98 Å². The molecule has 25 heavy (non-hydrogen) atoms. The standard InChI is InChI=1S/C19H23N5O/c1-14(25)21-17-6-4-5-15-13-24(12-8-16(15)17)19-20-9-7-18(22-19)23-10-2-3-11-23/h4-7,9H,2-3,8,10-13H2,1H3,(H,21,25). The molecule has 1 N–H and O–H groups in total. The molecular formula is C19H23N5O. The third-order valence-electron chi connectivity index (χ3n) is 4.92. The van der Waals surface area contributed by atoms with Crippen LogP contribution in [0.1, 0.15) is 30.9 Å². The van der Waals surface area contributed by atoms with E-state index in [9.17, 15) is 4.79 Å². The number of anilines is 3. The monoisotopic (exact) mass is 337 g/mol. The van der Waals surface area contributed by atoms with E-state index in [1.54, 1.807) is 6.92 Å². The Labute approximate surface area is 147 Å². The number of amides is 1. The molecule has 6 nitrogen and oxygen atoms in total. The van der Waals surface area contributed by atoms with E-state index >= 15 is 0 Å². The fourth-order valence-electron chi connectivity index (χ4n) is 3.70. The zero-order chi connectivity index (χ0) is 17.2. The number of hydrogen-bond acceptors (Lipinski definition) is 5. The smallest absolute Gasteiger partial charge is 0.227 e. The Balaban J connectivity index is 1.56. The van der Waals surface area contributed by atoms with Crippen molar-refractivity contribution < 1.29 is 4.79 Å². The number of nitrogens with one attached hydrogen (secondary N) is 1. The van der Waals surface area contributed by atoms with Crippen molar-refractivity contribution in [3.63, 3.8) is 0 Å². The molecule has 0 bridgehead atoms. The van der Waals surface area contributed by atoms with Gasteiger partial charge in [0, 0.05) is 45.0 Å². The van der Waals surface area contributed by atoms with Crippen LogP contribution in [-0.2, 0) is 17.8 Å². The predicted octanol–water partition coefficient (Wildman–Crippen LogP) is 2.60. The number of fused-ring (bicyclic) bond motifs is 1. The largest absolute Gasteiger partial charge is 0.356 e. The number of aromatic nitrogens is 2. The van der Waals surface area contributed by atoms with Gasteiger partial charge in [0.2, 0.25) is 11.9 Å². The molecule has 6 heteroatoms. The summed E-state index contributed by atoms with van der Waals surface area (Å²) < 4.78 is 0. The lowest BCUT2D eigenvalue weighted by atomic mass is 9.98. The molecule has 2 aromatic rings. The van der Waals surface area contributed by atoms with Gasteiger partial charge in [-0.05, 0) is 42.5 Å². The molecule has 130 valence electrons. The molecule has 1 saturated heterocycles. The van der Waals surface area contributed by atoms with Gasteiger partial charge in [0.1, 0.15) is 5.82 Å². The number of nitrogens with zero attached hydrogens (tertiary/aromatic N) is 4. The molecule has 1 fully saturated rings. The summed E-state index contributed by atoms with van der Waals surface area (Å²) in [5, 5.41) is 2.94. The van der Waals surface area contributed by atoms with Crippen LogP contribution in [0.3, 0.4) is 0 Å².